The third-order valence-corrected chi connectivity index (χ3v) is 7.84. The number of aliphatic hydroxyl groups excluding tert-OH is 2. The molecule has 1 fully saturated rings. The van der Waals surface area contributed by atoms with Crippen LogP contribution in [0.1, 0.15) is 68.8 Å². The smallest absolute Gasteiger partial charge is 0.202 e. The Morgan fingerprint density at radius 1 is 1.15 bits per heavy atom. The predicted octanol–water partition coefficient (Wildman–Crippen LogP) is 0.423. The molecule has 0 bridgehead atoms. The molecule has 216 valence electrons. The maximum Gasteiger partial charge on any atom is 0.202 e. The van der Waals surface area contributed by atoms with Crippen LogP contribution in [0.2, 0.25) is 0 Å². The monoisotopic (exact) mass is 579 g/mol. The van der Waals surface area contributed by atoms with Crippen molar-refractivity contribution in [3.8, 4) is 17.2 Å². The highest BCUT2D eigenvalue weighted by Gasteiger charge is 2.49. The first-order valence-corrected chi connectivity index (χ1v) is 12.4. The van der Waals surface area contributed by atoms with Gasteiger partial charge in [-0.3, -0.25) is 14.4 Å². The second kappa shape index (κ2) is 10.7. The third kappa shape index (κ3) is 4.45. The minimum atomic E-state index is -2.05. The number of Topliss-reactive ketones (excluding diaryl/α,β-unsaturated/α-hetero) is 1. The summed E-state index contributed by atoms with van der Waals surface area (Å²) in [7, 11) is 1.32. The number of ketones is 3. The van der Waals surface area contributed by atoms with Crippen LogP contribution < -0.4 is 10.5 Å². The van der Waals surface area contributed by atoms with Gasteiger partial charge in [-0.15, -0.1) is 12.4 Å². The Morgan fingerprint density at radius 2 is 1.82 bits per heavy atom. The van der Waals surface area contributed by atoms with Crippen molar-refractivity contribution in [2.75, 3.05) is 13.7 Å². The van der Waals surface area contributed by atoms with Gasteiger partial charge < -0.3 is 45.5 Å². The van der Waals surface area contributed by atoms with E-state index in [0.717, 1.165) is 6.92 Å². The average molecular weight is 580 g/mol. The molecule has 2 aromatic carbocycles. The quantitative estimate of drug-likeness (QED) is 0.227. The maximum atomic E-state index is 13.6. The lowest BCUT2D eigenvalue weighted by Gasteiger charge is -2.42. The number of ether oxygens (including phenoxy) is 3. The number of phenolic OH excluding ortho intramolecular Hbond substituents is 2. The molecular weight excluding hydrogens is 550 g/mol. The Kier molecular flexibility index (Phi) is 8.00. The molecule has 12 nitrogen and oxygen atoms in total. The summed E-state index contributed by atoms with van der Waals surface area (Å²) in [4.78, 5) is 39.6. The van der Waals surface area contributed by atoms with Gasteiger partial charge in [0.25, 0.3) is 0 Å². The highest BCUT2D eigenvalue weighted by atomic mass is 35.5. The number of methoxy groups -OCH3 is 1. The van der Waals surface area contributed by atoms with Gasteiger partial charge in [0.2, 0.25) is 5.78 Å². The van der Waals surface area contributed by atoms with E-state index in [1.54, 1.807) is 0 Å². The highest BCUT2D eigenvalue weighted by Crippen LogP contribution is 2.52. The molecule has 2 aromatic rings. The van der Waals surface area contributed by atoms with E-state index >= 15 is 0 Å². The lowest BCUT2D eigenvalue weighted by molar-refractivity contribution is -0.256. The summed E-state index contributed by atoms with van der Waals surface area (Å²) in [6, 6.07) is 3.54. The molecule has 0 radical (unpaired) electrons. The van der Waals surface area contributed by atoms with Crippen LogP contribution in [0.15, 0.2) is 18.2 Å². The van der Waals surface area contributed by atoms with E-state index in [0.29, 0.717) is 0 Å². The summed E-state index contributed by atoms with van der Waals surface area (Å²) in [6.45, 7) is 0.588. The molecule has 3 aliphatic rings. The predicted molar refractivity (Wildman–Crippen MR) is 139 cm³/mol. The zero-order valence-electron chi connectivity index (χ0n) is 21.6. The topological polar surface area (TPSA) is 206 Å². The molecule has 0 amide bonds. The summed E-state index contributed by atoms with van der Waals surface area (Å²) in [5.41, 5.74) is 2.67. The molecule has 0 aromatic heterocycles. The summed E-state index contributed by atoms with van der Waals surface area (Å²) in [5, 5.41) is 53.7. The number of aromatic hydroxyl groups is 2. The molecule has 13 heteroatoms. The van der Waals surface area contributed by atoms with Gasteiger partial charge in [0.05, 0.1) is 42.6 Å². The van der Waals surface area contributed by atoms with Crippen molar-refractivity contribution in [2.24, 2.45) is 5.73 Å². The fourth-order valence-corrected chi connectivity index (χ4v) is 5.69. The van der Waals surface area contributed by atoms with Crippen molar-refractivity contribution in [2.45, 2.75) is 62.4 Å². The summed E-state index contributed by atoms with van der Waals surface area (Å²) < 4.78 is 16.9. The molecule has 2 aliphatic carbocycles. The number of hydrogen-bond acceptors (Lipinski definition) is 12. The van der Waals surface area contributed by atoms with Crippen molar-refractivity contribution in [3.63, 3.8) is 0 Å². The van der Waals surface area contributed by atoms with Crippen molar-refractivity contribution in [3.05, 3.63) is 51.6 Å². The lowest BCUT2D eigenvalue weighted by atomic mass is 9.72. The number of hydrogen-bond donors (Lipinski definition) is 6. The van der Waals surface area contributed by atoms with Crippen LogP contribution in [0.4, 0.5) is 0 Å². The van der Waals surface area contributed by atoms with E-state index < -0.39 is 89.2 Å². The van der Waals surface area contributed by atoms with Crippen molar-refractivity contribution in [1.82, 2.24) is 0 Å². The van der Waals surface area contributed by atoms with E-state index in [-0.39, 0.29) is 53.3 Å². The first-order valence-electron chi connectivity index (χ1n) is 12.4. The zero-order chi connectivity index (χ0) is 28.4. The van der Waals surface area contributed by atoms with Crippen LogP contribution in [0.5, 0.6) is 17.2 Å². The normalized spacial score (nSPS) is 29.1. The third-order valence-electron chi connectivity index (χ3n) is 7.84. The number of nitrogens with two attached hydrogens (primary N) is 1. The number of aliphatic hydroxyl groups is 3. The lowest BCUT2D eigenvalue weighted by Crippen LogP contribution is -2.54. The Morgan fingerprint density at radius 3 is 2.45 bits per heavy atom. The highest BCUT2D eigenvalue weighted by molar-refractivity contribution is 6.31. The van der Waals surface area contributed by atoms with Gasteiger partial charge in [-0.1, -0.05) is 12.1 Å². The Balaban J connectivity index is 0.00000370. The van der Waals surface area contributed by atoms with Crippen molar-refractivity contribution >= 4 is 29.8 Å². The van der Waals surface area contributed by atoms with Gasteiger partial charge >= 0.3 is 0 Å². The number of fused-ring (bicyclic) bond motifs is 3. The van der Waals surface area contributed by atoms with Crippen LogP contribution >= 0.6 is 12.4 Å². The van der Waals surface area contributed by atoms with Crippen LogP contribution in [-0.4, -0.2) is 86.7 Å². The number of benzene rings is 2. The number of halogens is 1. The summed E-state index contributed by atoms with van der Waals surface area (Å²) >= 11 is 0. The molecule has 1 saturated heterocycles. The Hall–Kier alpha value is -3.10. The number of rotatable bonds is 5. The van der Waals surface area contributed by atoms with E-state index in [2.05, 4.69) is 0 Å². The van der Waals surface area contributed by atoms with Gasteiger partial charge in [-0.2, -0.15) is 0 Å². The molecule has 0 spiro atoms. The van der Waals surface area contributed by atoms with Crippen LogP contribution in [0, 0.1) is 0 Å². The van der Waals surface area contributed by atoms with Crippen molar-refractivity contribution < 1.29 is 54.1 Å². The fraction of sp³-hybridized carbons (Fsp3) is 0.444. The molecule has 6 unspecified atom stereocenters. The summed E-state index contributed by atoms with van der Waals surface area (Å²) in [5.74, 6) is -3.38. The van der Waals surface area contributed by atoms with Gasteiger partial charge in [0.15, 0.2) is 17.9 Å². The van der Waals surface area contributed by atoms with Crippen molar-refractivity contribution in [1.29, 1.82) is 0 Å². The van der Waals surface area contributed by atoms with E-state index in [1.165, 1.54) is 25.3 Å². The standard InChI is InChI=1S/C27H29NO11.ClH/c1-10(30)27(36)7-12-19(15(8-27)38-17-6-13(28)24(33)16(9-29)39-17)26(35)21-20(23(12)32)22(31)11-4-3-5-14(37-2)18(11)25(21)34;/h3-5,13,15-17,24,29,32-33,35-36H,6-9,28H2,1-2H3;1H. The number of carbonyl (C=O) groups excluding carboxylic acids is 3. The van der Waals surface area contributed by atoms with E-state index in [4.69, 9.17) is 19.9 Å². The SMILES string of the molecule is COc1cccc2c1C(=O)c1c(O)c3c(c(O)c1C2=O)CC(O)(C(C)=O)CC3OC1CC(N)C(O)C(CO)O1.Cl. The van der Waals surface area contributed by atoms with Crippen LogP contribution in [-0.2, 0) is 20.7 Å². The first kappa shape index (κ1) is 29.9. The second-order valence-corrected chi connectivity index (χ2v) is 10.2. The van der Waals surface area contributed by atoms with E-state index in [9.17, 15) is 39.9 Å². The van der Waals surface area contributed by atoms with Crippen LogP contribution in [0.25, 0.3) is 0 Å². The molecule has 6 atom stereocenters. The largest absolute Gasteiger partial charge is 0.507 e. The van der Waals surface area contributed by atoms with Gasteiger partial charge in [-0.25, -0.2) is 0 Å². The first-order chi connectivity index (χ1) is 18.4. The zero-order valence-corrected chi connectivity index (χ0v) is 22.4. The molecule has 5 rings (SSSR count). The fourth-order valence-electron chi connectivity index (χ4n) is 5.69. The maximum absolute atomic E-state index is 13.6. The molecule has 7 N–H and O–H groups in total. The molecule has 1 heterocycles. The minimum absolute atomic E-state index is 0. The minimum Gasteiger partial charge on any atom is -0.507 e. The Bertz CT molecular complexity index is 1400. The van der Waals surface area contributed by atoms with Gasteiger partial charge in [0, 0.05) is 42.0 Å². The number of phenols is 2. The van der Waals surface area contributed by atoms with Gasteiger partial charge in [-0.05, 0) is 13.0 Å². The summed E-state index contributed by atoms with van der Waals surface area (Å²) in [6.07, 6.45) is -5.60. The molecular formula is C27H30ClNO11. The second-order valence-electron chi connectivity index (χ2n) is 10.2. The van der Waals surface area contributed by atoms with Gasteiger partial charge in [0.1, 0.15) is 29.0 Å². The average Bonchev–Trinajstić information content (AvgIpc) is 2.90. The molecule has 1 aliphatic heterocycles. The van der Waals surface area contributed by atoms with Crippen LogP contribution in [0.3, 0.4) is 0 Å². The number of carbonyl (C=O) groups is 3. The Labute approximate surface area is 234 Å². The molecule has 40 heavy (non-hydrogen) atoms. The molecule has 0 saturated carbocycles. The van der Waals surface area contributed by atoms with E-state index in [1.807, 2.05) is 0 Å².